The van der Waals surface area contributed by atoms with E-state index in [-0.39, 0.29) is 35.9 Å². The van der Waals surface area contributed by atoms with E-state index in [2.05, 4.69) is 15.3 Å². The molecule has 1 atom stereocenters. The number of nitrogens with one attached hydrogen (secondary N) is 1. The van der Waals surface area contributed by atoms with Gasteiger partial charge in [-0.05, 0) is 24.6 Å². The number of rotatable bonds is 6. The Balaban J connectivity index is 0.00000312. The summed E-state index contributed by atoms with van der Waals surface area (Å²) in [6.45, 7) is 3.12. The number of aliphatic imine (C=N–C) groups is 1. The van der Waals surface area contributed by atoms with Gasteiger partial charge in [-0.1, -0.05) is 12.1 Å². The summed E-state index contributed by atoms with van der Waals surface area (Å²) in [5.74, 6) is 0.494. The van der Waals surface area contributed by atoms with E-state index in [1.807, 2.05) is 30.3 Å². The first-order valence-corrected chi connectivity index (χ1v) is 8.54. The Morgan fingerprint density at radius 1 is 1.48 bits per heavy atom. The maximum atomic E-state index is 13.2. The summed E-state index contributed by atoms with van der Waals surface area (Å²) in [7, 11) is 5.35. The van der Waals surface area contributed by atoms with Crippen LogP contribution in [0.1, 0.15) is 29.3 Å². The zero-order valence-electron chi connectivity index (χ0n) is 14.8. The molecular weight excluding hydrogens is 454 g/mol. The third kappa shape index (κ3) is 6.52. The normalized spacial score (nSPS) is 12.4. The molecule has 0 saturated carbocycles. The highest BCUT2D eigenvalue weighted by molar-refractivity contribution is 14.0. The third-order valence-corrected chi connectivity index (χ3v) is 4.64. The van der Waals surface area contributed by atoms with Crippen LogP contribution in [0.3, 0.4) is 0 Å². The summed E-state index contributed by atoms with van der Waals surface area (Å²) in [5.41, 5.74) is 1.84. The minimum atomic E-state index is -0.236. The van der Waals surface area contributed by atoms with Gasteiger partial charge in [0.25, 0.3) is 0 Å². The summed E-state index contributed by atoms with van der Waals surface area (Å²) >= 11 is 1.59. The number of guanidine groups is 1. The fourth-order valence-electron chi connectivity index (χ4n) is 2.21. The molecule has 1 aromatic carbocycles. The molecule has 0 saturated heterocycles. The van der Waals surface area contributed by atoms with Gasteiger partial charge in [-0.2, -0.15) is 0 Å². The molecule has 8 heteroatoms. The van der Waals surface area contributed by atoms with Crippen molar-refractivity contribution in [3.05, 3.63) is 51.7 Å². The van der Waals surface area contributed by atoms with Crippen molar-refractivity contribution < 1.29 is 9.13 Å². The molecular formula is C17H24FIN4OS. The predicted molar refractivity (Wildman–Crippen MR) is 111 cm³/mol. The predicted octanol–water partition coefficient (Wildman–Crippen LogP) is 3.82. The van der Waals surface area contributed by atoms with E-state index in [9.17, 15) is 4.39 Å². The van der Waals surface area contributed by atoms with Crippen molar-refractivity contribution in [2.45, 2.75) is 26.1 Å². The molecule has 1 aromatic heterocycles. The molecule has 5 nitrogen and oxygen atoms in total. The number of thiazole rings is 1. The highest BCUT2D eigenvalue weighted by atomic mass is 127. The first-order valence-electron chi connectivity index (χ1n) is 7.66. The van der Waals surface area contributed by atoms with E-state index in [1.165, 1.54) is 12.1 Å². The van der Waals surface area contributed by atoms with Crippen molar-refractivity contribution in [2.24, 2.45) is 4.99 Å². The van der Waals surface area contributed by atoms with Crippen molar-refractivity contribution in [1.82, 2.24) is 15.2 Å². The van der Waals surface area contributed by atoms with Crippen molar-refractivity contribution in [3.8, 4) is 0 Å². The smallest absolute Gasteiger partial charge is 0.194 e. The van der Waals surface area contributed by atoms with Gasteiger partial charge in [-0.3, -0.25) is 4.99 Å². The molecule has 2 aromatic rings. The lowest BCUT2D eigenvalue weighted by Crippen LogP contribution is -2.38. The van der Waals surface area contributed by atoms with Gasteiger partial charge in [0.1, 0.15) is 16.9 Å². The minimum Gasteiger partial charge on any atom is -0.375 e. The van der Waals surface area contributed by atoms with Crippen molar-refractivity contribution in [2.75, 3.05) is 21.2 Å². The minimum absolute atomic E-state index is 0. The van der Waals surface area contributed by atoms with Crippen LogP contribution in [0.5, 0.6) is 0 Å². The Morgan fingerprint density at radius 2 is 2.24 bits per heavy atom. The largest absolute Gasteiger partial charge is 0.375 e. The van der Waals surface area contributed by atoms with E-state index < -0.39 is 0 Å². The lowest BCUT2D eigenvalue weighted by atomic mass is 10.2. The van der Waals surface area contributed by atoms with Gasteiger partial charge in [-0.25, -0.2) is 9.37 Å². The summed E-state index contributed by atoms with van der Waals surface area (Å²) in [6.07, 6.45) is -0.000490. The second kappa shape index (κ2) is 10.7. The van der Waals surface area contributed by atoms with Gasteiger partial charge in [0.05, 0.1) is 12.2 Å². The number of nitrogens with zero attached hydrogens (tertiary/aromatic N) is 3. The summed E-state index contributed by atoms with van der Waals surface area (Å²) < 4.78 is 18.5. The molecule has 25 heavy (non-hydrogen) atoms. The second-order valence-electron chi connectivity index (χ2n) is 5.44. The van der Waals surface area contributed by atoms with Crippen LogP contribution in [-0.2, 0) is 17.8 Å². The number of halogens is 2. The fraction of sp³-hybridized carbons (Fsp3) is 0.412. The first kappa shape index (κ1) is 21.8. The van der Waals surface area contributed by atoms with E-state index in [0.717, 1.165) is 22.2 Å². The van der Waals surface area contributed by atoms with Crippen LogP contribution in [0.15, 0.2) is 34.6 Å². The Morgan fingerprint density at radius 3 is 2.88 bits per heavy atom. The lowest BCUT2D eigenvalue weighted by molar-refractivity contribution is 0.119. The Labute approximate surface area is 169 Å². The zero-order valence-corrected chi connectivity index (χ0v) is 18.0. The van der Waals surface area contributed by atoms with Crippen molar-refractivity contribution >= 4 is 41.3 Å². The molecule has 0 bridgehead atoms. The number of benzene rings is 1. The number of hydrogen-bond donors (Lipinski definition) is 1. The molecule has 2 rings (SSSR count). The topological polar surface area (TPSA) is 49.8 Å². The van der Waals surface area contributed by atoms with Crippen molar-refractivity contribution in [1.29, 1.82) is 0 Å². The van der Waals surface area contributed by atoms with Crippen LogP contribution in [0.4, 0.5) is 4.39 Å². The molecule has 0 spiro atoms. The quantitative estimate of drug-likeness (QED) is 0.390. The van der Waals surface area contributed by atoms with E-state index >= 15 is 0 Å². The molecule has 0 radical (unpaired) electrons. The second-order valence-corrected chi connectivity index (χ2v) is 6.33. The molecule has 138 valence electrons. The first-order chi connectivity index (χ1) is 11.5. The van der Waals surface area contributed by atoms with Gasteiger partial charge >= 0.3 is 0 Å². The SMILES string of the molecule is CN=C(NCc1cccc(F)c1)N(C)Cc1csc(C(C)OC)n1.I. The number of aromatic nitrogens is 1. The average molecular weight is 478 g/mol. The van der Waals surface area contributed by atoms with E-state index in [1.54, 1.807) is 31.6 Å². The van der Waals surface area contributed by atoms with E-state index in [4.69, 9.17) is 4.74 Å². The highest BCUT2D eigenvalue weighted by Gasteiger charge is 2.12. The van der Waals surface area contributed by atoms with Gasteiger partial charge < -0.3 is 15.0 Å². The van der Waals surface area contributed by atoms with Crippen LogP contribution in [0.25, 0.3) is 0 Å². The monoisotopic (exact) mass is 478 g/mol. The van der Waals surface area contributed by atoms with Gasteiger partial charge in [-0.15, -0.1) is 35.3 Å². The number of methoxy groups -OCH3 is 1. The Bertz CT molecular complexity index is 695. The van der Waals surface area contributed by atoms with Gasteiger partial charge in [0.15, 0.2) is 5.96 Å². The molecule has 0 fully saturated rings. The highest BCUT2D eigenvalue weighted by Crippen LogP contribution is 2.20. The van der Waals surface area contributed by atoms with Gasteiger partial charge in [0, 0.05) is 33.1 Å². The van der Waals surface area contributed by atoms with Gasteiger partial charge in [0.2, 0.25) is 0 Å². The maximum Gasteiger partial charge on any atom is 0.194 e. The lowest BCUT2D eigenvalue weighted by Gasteiger charge is -2.21. The molecule has 1 unspecified atom stereocenters. The van der Waals surface area contributed by atoms with Crippen molar-refractivity contribution in [3.63, 3.8) is 0 Å². The van der Waals surface area contributed by atoms with E-state index in [0.29, 0.717) is 13.1 Å². The molecule has 1 N–H and O–H groups in total. The summed E-state index contributed by atoms with van der Waals surface area (Å²) in [6, 6.07) is 6.53. The standard InChI is InChI=1S/C17H23FN4OS.HI/c1-12(23-4)16-21-15(11-24-16)10-22(3)17(19-2)20-9-13-6-5-7-14(18)8-13;/h5-8,11-12H,9-10H2,1-4H3,(H,19,20);1H. The average Bonchev–Trinajstić information content (AvgIpc) is 3.03. The molecule has 0 aliphatic rings. The van der Waals surface area contributed by atoms with Crippen LogP contribution >= 0.6 is 35.3 Å². The molecule has 0 aliphatic carbocycles. The Kier molecular flexibility index (Phi) is 9.30. The third-order valence-electron chi connectivity index (χ3n) is 3.58. The molecule has 0 amide bonds. The van der Waals surface area contributed by atoms with Crippen LogP contribution in [0, 0.1) is 5.82 Å². The Hall–Kier alpha value is -1.26. The molecule has 0 aliphatic heterocycles. The number of hydrogen-bond acceptors (Lipinski definition) is 4. The summed E-state index contributed by atoms with van der Waals surface area (Å²) in [5, 5.41) is 6.22. The fourth-order valence-corrected chi connectivity index (χ4v) is 3.06. The number of ether oxygens (including phenoxy) is 1. The van der Waals surface area contributed by atoms with Crippen LogP contribution in [0.2, 0.25) is 0 Å². The van der Waals surface area contributed by atoms with Crippen LogP contribution < -0.4 is 5.32 Å². The zero-order chi connectivity index (χ0) is 17.5. The van der Waals surface area contributed by atoms with Crippen LogP contribution in [-0.4, -0.2) is 37.0 Å². The maximum absolute atomic E-state index is 13.2. The summed E-state index contributed by atoms with van der Waals surface area (Å²) in [4.78, 5) is 10.8. The molecule has 1 heterocycles.